The summed E-state index contributed by atoms with van der Waals surface area (Å²) in [4.78, 5) is 31.2. The molecule has 1 N–H and O–H groups in total. The van der Waals surface area contributed by atoms with Crippen molar-refractivity contribution in [3.05, 3.63) is 62.3 Å². The van der Waals surface area contributed by atoms with Crippen LogP contribution in [-0.2, 0) is 22.7 Å². The Hall–Kier alpha value is -2.35. The van der Waals surface area contributed by atoms with Gasteiger partial charge in [-0.3, -0.25) is 9.78 Å². The first-order chi connectivity index (χ1) is 10.8. The number of rotatable bonds is 6. The largest absolute Gasteiger partial charge is 0.408 e. The molecule has 0 spiro atoms. The number of hydrogen-bond donors (Lipinski definition) is 1. The van der Waals surface area contributed by atoms with E-state index in [-0.39, 0.29) is 23.6 Å². The van der Waals surface area contributed by atoms with E-state index in [1.165, 1.54) is 0 Å². The van der Waals surface area contributed by atoms with Gasteiger partial charge in [0.25, 0.3) is 5.56 Å². The molecule has 7 nitrogen and oxygen atoms in total. The summed E-state index contributed by atoms with van der Waals surface area (Å²) < 4.78 is 24.6. The van der Waals surface area contributed by atoms with Gasteiger partial charge in [0.1, 0.15) is 6.61 Å². The summed E-state index contributed by atoms with van der Waals surface area (Å²) in [5, 5.41) is -0.387. The number of nitrogens with zero attached hydrogens (tertiary/aromatic N) is 1. The summed E-state index contributed by atoms with van der Waals surface area (Å²) in [6.45, 7) is 1.74. The second-order valence-electron chi connectivity index (χ2n) is 5.03. The van der Waals surface area contributed by atoms with E-state index in [1.807, 2.05) is 30.3 Å². The molecule has 1 aromatic carbocycles. The number of aromatic nitrogens is 2. The quantitative estimate of drug-likeness (QED) is 0.757. The van der Waals surface area contributed by atoms with E-state index in [2.05, 4.69) is 4.98 Å². The van der Waals surface area contributed by atoms with Crippen molar-refractivity contribution in [2.24, 2.45) is 0 Å². The minimum absolute atomic E-state index is 0.00631. The molecule has 1 heterocycles. The van der Waals surface area contributed by atoms with Crippen molar-refractivity contribution in [3.63, 3.8) is 0 Å². The van der Waals surface area contributed by atoms with Gasteiger partial charge >= 0.3 is 5.69 Å². The van der Waals surface area contributed by atoms with E-state index in [9.17, 15) is 18.0 Å². The lowest BCUT2D eigenvalue weighted by Gasteiger charge is -2.14. The van der Waals surface area contributed by atoms with Gasteiger partial charge in [0.2, 0.25) is 0 Å². The molecule has 0 unspecified atom stereocenters. The number of hydrogen-bond acceptors (Lipinski definition) is 5. The average molecular weight is 338 g/mol. The fourth-order valence-corrected chi connectivity index (χ4v) is 3.36. The predicted octanol–water partition coefficient (Wildman–Crippen LogP) is 0.174. The number of benzene rings is 1. The topological polar surface area (TPSA) is 98.2 Å². The molecule has 0 saturated carbocycles. The molecule has 0 bridgehead atoms. The van der Waals surface area contributed by atoms with Crippen LogP contribution in [0.2, 0.25) is 0 Å². The molecule has 124 valence electrons. The molecule has 23 heavy (non-hydrogen) atoms. The van der Waals surface area contributed by atoms with Gasteiger partial charge in [-0.05, 0) is 12.0 Å². The van der Waals surface area contributed by atoms with Crippen molar-refractivity contribution in [3.8, 4) is 0 Å². The molecule has 2 rings (SSSR count). The second kappa shape index (κ2) is 6.82. The highest BCUT2D eigenvalue weighted by Gasteiger charge is 2.23. The van der Waals surface area contributed by atoms with Crippen molar-refractivity contribution in [1.82, 2.24) is 9.71 Å². The summed E-state index contributed by atoms with van der Waals surface area (Å²) in [5.41, 5.74) is -0.616. The van der Waals surface area contributed by atoms with Gasteiger partial charge < -0.3 is 4.84 Å². The van der Waals surface area contributed by atoms with Crippen LogP contribution in [-0.4, -0.2) is 31.0 Å². The van der Waals surface area contributed by atoms with E-state index in [4.69, 9.17) is 4.84 Å². The minimum atomic E-state index is -3.80. The predicted molar refractivity (Wildman–Crippen MR) is 85.4 cm³/mol. The van der Waals surface area contributed by atoms with Crippen LogP contribution in [0.3, 0.4) is 0 Å². The van der Waals surface area contributed by atoms with Crippen LogP contribution in [0.1, 0.15) is 18.1 Å². The average Bonchev–Trinajstić information content (AvgIpc) is 2.49. The third-order valence-corrected chi connectivity index (χ3v) is 4.40. The van der Waals surface area contributed by atoms with Crippen molar-refractivity contribution in [2.75, 3.05) is 12.9 Å². The molecular formula is C15H18N2O5S. The zero-order valence-corrected chi connectivity index (χ0v) is 13.7. The third kappa shape index (κ3) is 3.89. The smallest absolute Gasteiger partial charge is 0.362 e. The first-order valence-corrected chi connectivity index (χ1v) is 8.99. The molecule has 2 aromatic rings. The molecule has 0 amide bonds. The van der Waals surface area contributed by atoms with Gasteiger partial charge in [-0.2, -0.15) is 0 Å². The van der Waals surface area contributed by atoms with E-state index in [0.29, 0.717) is 11.2 Å². The first-order valence-electron chi connectivity index (χ1n) is 7.10. The van der Waals surface area contributed by atoms with Crippen LogP contribution < -0.4 is 16.1 Å². The second-order valence-corrected chi connectivity index (χ2v) is 6.96. The third-order valence-electron chi connectivity index (χ3n) is 3.28. The number of H-pyrrole nitrogens is 1. The van der Waals surface area contributed by atoms with Gasteiger partial charge in [0.05, 0.1) is 5.56 Å². The zero-order valence-electron chi connectivity index (χ0n) is 12.9. The maximum Gasteiger partial charge on any atom is 0.362 e. The van der Waals surface area contributed by atoms with Gasteiger partial charge in [0.15, 0.2) is 14.9 Å². The summed E-state index contributed by atoms with van der Waals surface area (Å²) in [6, 6.07) is 9.42. The lowest BCUT2D eigenvalue weighted by Crippen LogP contribution is -2.40. The summed E-state index contributed by atoms with van der Waals surface area (Å²) in [7, 11) is -3.80. The van der Waals surface area contributed by atoms with Gasteiger partial charge in [-0.1, -0.05) is 37.3 Å². The molecule has 1 aromatic heterocycles. The van der Waals surface area contributed by atoms with Crippen molar-refractivity contribution in [1.29, 1.82) is 0 Å². The highest BCUT2D eigenvalue weighted by atomic mass is 32.2. The van der Waals surface area contributed by atoms with Crippen LogP contribution in [0.5, 0.6) is 0 Å². The zero-order chi connectivity index (χ0) is 17.0. The Balaban J connectivity index is 2.38. The van der Waals surface area contributed by atoms with Crippen LogP contribution in [0.15, 0.2) is 44.9 Å². The Kier molecular flexibility index (Phi) is 5.05. The first kappa shape index (κ1) is 17.0. The minimum Gasteiger partial charge on any atom is -0.408 e. The molecule has 0 aliphatic rings. The van der Waals surface area contributed by atoms with Crippen LogP contribution in [0.4, 0.5) is 0 Å². The Morgan fingerprint density at radius 2 is 1.83 bits per heavy atom. The molecule has 8 heteroatoms. The lowest BCUT2D eigenvalue weighted by atomic mass is 10.2. The monoisotopic (exact) mass is 338 g/mol. The van der Waals surface area contributed by atoms with Crippen molar-refractivity contribution >= 4 is 9.84 Å². The number of aromatic amines is 1. The Morgan fingerprint density at radius 3 is 2.39 bits per heavy atom. The summed E-state index contributed by atoms with van der Waals surface area (Å²) >= 11 is 0. The molecule has 0 saturated heterocycles. The van der Waals surface area contributed by atoms with Crippen LogP contribution in [0.25, 0.3) is 0 Å². The SMILES string of the molecule is CCc1c(S(C)(=O)=O)n(OCCc2ccccc2)c(=O)[nH]c1=O. The summed E-state index contributed by atoms with van der Waals surface area (Å²) in [6.07, 6.45) is 1.61. The van der Waals surface area contributed by atoms with Gasteiger partial charge in [0, 0.05) is 12.7 Å². The molecular weight excluding hydrogens is 320 g/mol. The molecule has 0 aliphatic heterocycles. The van der Waals surface area contributed by atoms with E-state index in [0.717, 1.165) is 11.8 Å². The highest BCUT2D eigenvalue weighted by Crippen LogP contribution is 2.10. The number of nitrogens with one attached hydrogen (secondary N) is 1. The molecule has 0 radical (unpaired) electrons. The Labute approximate surface area is 133 Å². The summed E-state index contributed by atoms with van der Waals surface area (Å²) in [5.74, 6) is 0. The fraction of sp³-hybridized carbons (Fsp3) is 0.333. The van der Waals surface area contributed by atoms with Gasteiger partial charge in [-0.15, -0.1) is 4.73 Å². The Morgan fingerprint density at radius 1 is 1.17 bits per heavy atom. The highest BCUT2D eigenvalue weighted by molar-refractivity contribution is 7.90. The van der Waals surface area contributed by atoms with E-state index >= 15 is 0 Å². The van der Waals surface area contributed by atoms with Gasteiger partial charge in [-0.25, -0.2) is 13.2 Å². The Bertz CT molecular complexity index is 898. The van der Waals surface area contributed by atoms with Crippen LogP contribution >= 0.6 is 0 Å². The standard InChI is InChI=1S/C15H18N2O5S/c1-3-12-13(18)16-15(19)17(14(12)23(2,20)21)22-10-9-11-7-5-4-6-8-11/h4-8H,3,9-10H2,1-2H3,(H,16,18,19). The maximum absolute atomic E-state index is 12.0. The fourth-order valence-electron chi connectivity index (χ4n) is 2.24. The van der Waals surface area contributed by atoms with E-state index in [1.54, 1.807) is 6.92 Å². The molecule has 0 aliphatic carbocycles. The molecule has 0 atom stereocenters. The van der Waals surface area contributed by atoms with Crippen molar-refractivity contribution in [2.45, 2.75) is 24.8 Å². The van der Waals surface area contributed by atoms with Crippen LogP contribution in [0, 0.1) is 0 Å². The lowest BCUT2D eigenvalue weighted by molar-refractivity contribution is 0.0795. The normalized spacial score (nSPS) is 11.4. The maximum atomic E-state index is 12.0. The number of sulfone groups is 1. The van der Waals surface area contributed by atoms with E-state index < -0.39 is 21.1 Å². The van der Waals surface area contributed by atoms with Crippen molar-refractivity contribution < 1.29 is 13.3 Å². The molecule has 0 fully saturated rings.